The lowest BCUT2D eigenvalue weighted by Crippen LogP contribution is -2.38. The molecule has 6 heteroatoms. The molecular formula is C20H26ClNO4. The smallest absolute Gasteiger partial charge is 0.161 e. The molecule has 3 rings (SSSR count). The van der Waals surface area contributed by atoms with Crippen molar-refractivity contribution in [3.8, 4) is 17.2 Å². The van der Waals surface area contributed by atoms with Crippen LogP contribution in [-0.4, -0.2) is 50.0 Å². The van der Waals surface area contributed by atoms with Crippen LogP contribution in [0.1, 0.15) is 11.1 Å². The van der Waals surface area contributed by atoms with E-state index in [0.717, 1.165) is 36.8 Å². The minimum Gasteiger partial charge on any atom is -0.493 e. The Morgan fingerprint density at radius 3 is 2.35 bits per heavy atom. The predicted molar refractivity (Wildman–Crippen MR) is 104 cm³/mol. The number of fused-ring (bicyclic) bond motifs is 1. The minimum atomic E-state index is -0.526. The Balaban J connectivity index is 0.00000243. The number of ether oxygens (including phenoxy) is 3. The van der Waals surface area contributed by atoms with Crippen molar-refractivity contribution in [3.05, 3.63) is 53.6 Å². The fourth-order valence-corrected chi connectivity index (χ4v) is 3.16. The van der Waals surface area contributed by atoms with Crippen molar-refractivity contribution in [3.63, 3.8) is 0 Å². The number of nitrogens with zero attached hydrogens (tertiary/aromatic N) is 1. The highest BCUT2D eigenvalue weighted by Crippen LogP contribution is 2.33. The maximum absolute atomic E-state index is 10.3. The van der Waals surface area contributed by atoms with Gasteiger partial charge in [-0.15, -0.1) is 12.4 Å². The fourth-order valence-electron chi connectivity index (χ4n) is 3.16. The number of methoxy groups -OCH3 is 2. The second-order valence-electron chi connectivity index (χ2n) is 6.24. The molecule has 1 unspecified atom stereocenters. The maximum Gasteiger partial charge on any atom is 0.161 e. The van der Waals surface area contributed by atoms with Crippen molar-refractivity contribution in [2.24, 2.45) is 0 Å². The second kappa shape index (κ2) is 9.67. The fraction of sp³-hybridized carbons (Fsp3) is 0.400. The molecule has 5 nitrogen and oxygen atoms in total. The minimum absolute atomic E-state index is 0. The van der Waals surface area contributed by atoms with Crippen molar-refractivity contribution in [1.29, 1.82) is 0 Å². The second-order valence-corrected chi connectivity index (χ2v) is 6.24. The number of aliphatic hydroxyl groups excluding tert-OH is 1. The summed E-state index contributed by atoms with van der Waals surface area (Å²) in [5.41, 5.74) is 2.50. The zero-order valence-electron chi connectivity index (χ0n) is 15.2. The van der Waals surface area contributed by atoms with Crippen LogP contribution in [0.5, 0.6) is 17.2 Å². The first-order valence-electron chi connectivity index (χ1n) is 8.51. The van der Waals surface area contributed by atoms with Gasteiger partial charge in [0.2, 0.25) is 0 Å². The maximum atomic E-state index is 10.3. The van der Waals surface area contributed by atoms with Gasteiger partial charge in [0.25, 0.3) is 0 Å². The van der Waals surface area contributed by atoms with Crippen LogP contribution in [0.2, 0.25) is 0 Å². The third-order valence-corrected chi connectivity index (χ3v) is 4.45. The van der Waals surface area contributed by atoms with E-state index in [0.29, 0.717) is 13.2 Å². The molecule has 0 amide bonds. The Morgan fingerprint density at radius 2 is 1.69 bits per heavy atom. The van der Waals surface area contributed by atoms with E-state index in [9.17, 15) is 5.11 Å². The monoisotopic (exact) mass is 379 g/mol. The van der Waals surface area contributed by atoms with Gasteiger partial charge in [-0.25, -0.2) is 0 Å². The third kappa shape index (κ3) is 5.04. The summed E-state index contributed by atoms with van der Waals surface area (Å²) in [6, 6.07) is 13.7. The number of benzene rings is 2. The lowest BCUT2D eigenvalue weighted by molar-refractivity contribution is 0.0637. The number of hydrogen-bond donors (Lipinski definition) is 1. The van der Waals surface area contributed by atoms with Gasteiger partial charge in [0.1, 0.15) is 18.5 Å². The zero-order chi connectivity index (χ0) is 17.6. The molecule has 26 heavy (non-hydrogen) atoms. The van der Waals surface area contributed by atoms with E-state index >= 15 is 0 Å². The molecule has 0 radical (unpaired) electrons. The summed E-state index contributed by atoms with van der Waals surface area (Å²) in [6.45, 7) is 2.57. The average Bonchev–Trinajstić information content (AvgIpc) is 2.66. The molecule has 0 aromatic heterocycles. The first-order valence-corrected chi connectivity index (χ1v) is 8.51. The molecule has 0 saturated heterocycles. The number of halogens is 1. The van der Waals surface area contributed by atoms with Crippen molar-refractivity contribution < 1.29 is 19.3 Å². The molecule has 1 heterocycles. The Labute approximate surface area is 160 Å². The highest BCUT2D eigenvalue weighted by Gasteiger charge is 2.21. The van der Waals surface area contributed by atoms with Gasteiger partial charge >= 0.3 is 0 Å². The first-order chi connectivity index (χ1) is 12.2. The predicted octanol–water partition coefficient (Wildman–Crippen LogP) is 2.92. The summed E-state index contributed by atoms with van der Waals surface area (Å²) >= 11 is 0. The van der Waals surface area contributed by atoms with Crippen LogP contribution in [-0.2, 0) is 13.0 Å². The molecule has 1 aliphatic heterocycles. The summed E-state index contributed by atoms with van der Waals surface area (Å²) < 4.78 is 16.4. The Morgan fingerprint density at radius 1 is 1.04 bits per heavy atom. The van der Waals surface area contributed by atoms with Crippen molar-refractivity contribution in [2.45, 2.75) is 19.1 Å². The molecule has 1 atom stereocenters. The zero-order valence-corrected chi connectivity index (χ0v) is 16.0. The Kier molecular flexibility index (Phi) is 7.57. The summed E-state index contributed by atoms with van der Waals surface area (Å²) in [5, 5.41) is 10.3. The van der Waals surface area contributed by atoms with Gasteiger partial charge in [-0.3, -0.25) is 4.90 Å². The van der Waals surface area contributed by atoms with Gasteiger partial charge in [-0.1, -0.05) is 18.2 Å². The summed E-state index contributed by atoms with van der Waals surface area (Å²) in [7, 11) is 3.30. The molecule has 0 fully saturated rings. The number of aliphatic hydroxyl groups is 1. The van der Waals surface area contributed by atoms with Crippen molar-refractivity contribution in [1.82, 2.24) is 4.90 Å². The number of hydrogen-bond acceptors (Lipinski definition) is 5. The molecule has 0 aliphatic carbocycles. The van der Waals surface area contributed by atoms with Gasteiger partial charge in [-0.05, 0) is 41.8 Å². The first kappa shape index (κ1) is 20.4. The molecule has 1 aliphatic rings. The molecular weight excluding hydrogens is 354 g/mol. The standard InChI is InChI=1S/C20H25NO4.ClH/c1-23-19-10-15-8-9-21(12-16(15)11-20(19)24-2)13-17(22)14-25-18-6-4-3-5-7-18;/h3-7,10-11,17,22H,8-9,12-14H2,1-2H3;1H. The van der Waals surface area contributed by atoms with Crippen LogP contribution in [0, 0.1) is 0 Å². The van der Waals surface area contributed by atoms with E-state index in [4.69, 9.17) is 14.2 Å². The Bertz CT molecular complexity index is 696. The van der Waals surface area contributed by atoms with Gasteiger partial charge < -0.3 is 19.3 Å². The van der Waals surface area contributed by atoms with E-state index < -0.39 is 6.10 Å². The molecule has 2 aromatic carbocycles. The van der Waals surface area contributed by atoms with Crippen LogP contribution in [0.3, 0.4) is 0 Å². The molecule has 0 bridgehead atoms. The van der Waals surface area contributed by atoms with E-state index in [-0.39, 0.29) is 12.4 Å². The van der Waals surface area contributed by atoms with Gasteiger partial charge in [0.05, 0.1) is 14.2 Å². The van der Waals surface area contributed by atoms with Crippen molar-refractivity contribution in [2.75, 3.05) is 33.9 Å². The van der Waals surface area contributed by atoms with Crippen LogP contribution in [0.15, 0.2) is 42.5 Å². The average molecular weight is 380 g/mol. The molecule has 1 N–H and O–H groups in total. The lowest BCUT2D eigenvalue weighted by Gasteiger charge is -2.31. The third-order valence-electron chi connectivity index (χ3n) is 4.45. The molecule has 142 valence electrons. The molecule has 2 aromatic rings. The SMILES string of the molecule is COc1cc2c(cc1OC)CN(CC(O)COc1ccccc1)CC2.Cl. The normalized spacial score (nSPS) is 14.7. The number of β-amino-alcohol motifs (C(OH)–C–C–N with tert-alkyl or cyclic N) is 1. The van der Waals surface area contributed by atoms with Crippen LogP contribution in [0.4, 0.5) is 0 Å². The van der Waals surface area contributed by atoms with E-state index in [1.165, 1.54) is 11.1 Å². The number of rotatable bonds is 7. The summed E-state index contributed by atoms with van der Waals surface area (Å²) in [5.74, 6) is 2.30. The highest BCUT2D eigenvalue weighted by molar-refractivity contribution is 5.85. The Hall–Kier alpha value is -1.95. The highest BCUT2D eigenvalue weighted by atomic mass is 35.5. The van der Waals surface area contributed by atoms with Crippen molar-refractivity contribution >= 4 is 12.4 Å². The van der Waals surface area contributed by atoms with Crippen LogP contribution < -0.4 is 14.2 Å². The largest absolute Gasteiger partial charge is 0.493 e. The summed E-state index contributed by atoms with van der Waals surface area (Å²) in [6.07, 6.45) is 0.406. The quantitative estimate of drug-likeness (QED) is 0.801. The number of para-hydroxylation sites is 1. The van der Waals surface area contributed by atoms with Gasteiger partial charge in [0.15, 0.2) is 11.5 Å². The van der Waals surface area contributed by atoms with E-state index in [1.54, 1.807) is 14.2 Å². The van der Waals surface area contributed by atoms with Gasteiger partial charge in [0, 0.05) is 19.6 Å². The summed E-state index contributed by atoms with van der Waals surface area (Å²) in [4.78, 5) is 2.24. The topological polar surface area (TPSA) is 51.2 Å². The molecule has 0 saturated carbocycles. The van der Waals surface area contributed by atoms with Crippen LogP contribution >= 0.6 is 12.4 Å². The van der Waals surface area contributed by atoms with E-state index in [2.05, 4.69) is 11.0 Å². The van der Waals surface area contributed by atoms with Gasteiger partial charge in [-0.2, -0.15) is 0 Å². The lowest BCUT2D eigenvalue weighted by atomic mass is 9.98. The van der Waals surface area contributed by atoms with Crippen LogP contribution in [0.25, 0.3) is 0 Å². The van der Waals surface area contributed by atoms with E-state index in [1.807, 2.05) is 36.4 Å². The molecule has 0 spiro atoms.